The highest BCUT2D eigenvalue weighted by Crippen LogP contribution is 2.29. The molecule has 0 aliphatic heterocycles. The van der Waals surface area contributed by atoms with Gasteiger partial charge in [0, 0.05) is 65.2 Å². The van der Waals surface area contributed by atoms with Crippen LogP contribution in [0.4, 0.5) is 16.2 Å². The maximum atomic E-state index is 12.8. The Morgan fingerprint density at radius 1 is 0.923 bits per heavy atom. The third-order valence-corrected chi connectivity index (χ3v) is 6.22. The van der Waals surface area contributed by atoms with Crippen molar-refractivity contribution in [2.45, 2.75) is 0 Å². The maximum absolute atomic E-state index is 12.8. The van der Waals surface area contributed by atoms with Crippen LogP contribution in [0.2, 0.25) is 5.02 Å². The van der Waals surface area contributed by atoms with Gasteiger partial charge in [0.25, 0.3) is 0 Å². The first kappa shape index (κ1) is 24.1. The Morgan fingerprint density at radius 2 is 1.77 bits per heavy atom. The van der Waals surface area contributed by atoms with Crippen LogP contribution in [0.3, 0.4) is 0 Å². The van der Waals surface area contributed by atoms with Crippen molar-refractivity contribution in [3.05, 3.63) is 103 Å². The molecule has 0 spiro atoms. The average molecular weight is 537 g/mol. The number of carbonyl (C=O) groups is 1. The van der Waals surface area contributed by atoms with Crippen molar-refractivity contribution in [3.8, 4) is 34.2 Å². The second-order valence-corrected chi connectivity index (χ2v) is 8.91. The molecule has 0 unspecified atom stereocenters. The largest absolute Gasteiger partial charge is 0.495 e. The fourth-order valence-electron chi connectivity index (χ4n) is 4.22. The summed E-state index contributed by atoms with van der Waals surface area (Å²) in [4.78, 5) is 30.9. The summed E-state index contributed by atoms with van der Waals surface area (Å²) in [5.74, 6) is 1.83. The van der Waals surface area contributed by atoms with E-state index in [0.717, 1.165) is 17.0 Å². The molecule has 4 aromatic heterocycles. The topological polar surface area (TPSA) is 111 Å². The van der Waals surface area contributed by atoms with Crippen molar-refractivity contribution in [1.82, 2.24) is 28.9 Å². The number of aromatic nitrogens is 6. The second-order valence-electron chi connectivity index (χ2n) is 8.47. The van der Waals surface area contributed by atoms with Crippen molar-refractivity contribution in [2.24, 2.45) is 0 Å². The number of pyridine rings is 1. The number of ether oxygens (including phenoxy) is 1. The molecule has 4 heterocycles. The molecule has 2 N–H and O–H groups in total. The number of hydrogen-bond donors (Lipinski definition) is 2. The van der Waals surface area contributed by atoms with Crippen molar-refractivity contribution in [3.63, 3.8) is 0 Å². The number of nitrogens with one attached hydrogen (secondary N) is 2. The molecule has 6 rings (SSSR count). The van der Waals surface area contributed by atoms with E-state index in [4.69, 9.17) is 21.3 Å². The number of methoxy groups -OCH3 is 1. The second kappa shape index (κ2) is 10.3. The number of amides is 2. The molecule has 0 radical (unpaired) electrons. The van der Waals surface area contributed by atoms with Gasteiger partial charge in [0.15, 0.2) is 11.5 Å². The van der Waals surface area contributed by atoms with Crippen molar-refractivity contribution >= 4 is 34.7 Å². The zero-order valence-electron chi connectivity index (χ0n) is 20.6. The first-order chi connectivity index (χ1) is 19.1. The lowest BCUT2D eigenvalue weighted by molar-refractivity contribution is 0.262. The van der Waals surface area contributed by atoms with Gasteiger partial charge in [-0.1, -0.05) is 23.7 Å². The number of anilines is 2. The van der Waals surface area contributed by atoms with Gasteiger partial charge in [-0.25, -0.2) is 19.7 Å². The van der Waals surface area contributed by atoms with Gasteiger partial charge in [-0.2, -0.15) is 0 Å². The minimum Gasteiger partial charge on any atom is -0.495 e. The van der Waals surface area contributed by atoms with Crippen LogP contribution in [-0.4, -0.2) is 42.0 Å². The van der Waals surface area contributed by atoms with Crippen LogP contribution in [0, 0.1) is 0 Å². The Kier molecular flexibility index (Phi) is 6.36. The number of imidazole rings is 2. The molecule has 10 nitrogen and oxygen atoms in total. The summed E-state index contributed by atoms with van der Waals surface area (Å²) in [6.07, 6.45) is 12.5. The van der Waals surface area contributed by atoms with Gasteiger partial charge in [-0.05, 0) is 42.5 Å². The van der Waals surface area contributed by atoms with E-state index in [1.807, 2.05) is 57.9 Å². The van der Waals surface area contributed by atoms with Crippen LogP contribution in [0.5, 0.6) is 5.75 Å². The van der Waals surface area contributed by atoms with Gasteiger partial charge in [0.05, 0.1) is 18.5 Å². The smallest absolute Gasteiger partial charge is 0.323 e. The molecule has 0 atom stereocenters. The lowest BCUT2D eigenvalue weighted by atomic mass is 10.1. The summed E-state index contributed by atoms with van der Waals surface area (Å²) >= 11 is 6.08. The Bertz CT molecular complexity index is 1800. The number of rotatable bonds is 6. The quantitative estimate of drug-likeness (QED) is 0.272. The van der Waals surface area contributed by atoms with E-state index in [1.54, 1.807) is 49.1 Å². The monoisotopic (exact) mass is 536 g/mol. The number of nitrogens with zero attached hydrogens (tertiary/aromatic N) is 6. The minimum atomic E-state index is -0.438. The van der Waals surface area contributed by atoms with Crippen LogP contribution in [0.15, 0.2) is 98.0 Å². The fourth-order valence-corrected chi connectivity index (χ4v) is 4.40. The van der Waals surface area contributed by atoms with Gasteiger partial charge in [0.2, 0.25) is 0 Å². The van der Waals surface area contributed by atoms with Crippen molar-refractivity contribution < 1.29 is 9.53 Å². The molecule has 0 aliphatic carbocycles. The molecule has 39 heavy (non-hydrogen) atoms. The highest BCUT2D eigenvalue weighted by Gasteiger charge is 2.16. The molecule has 2 aromatic carbocycles. The highest BCUT2D eigenvalue weighted by atomic mass is 35.5. The molecule has 0 bridgehead atoms. The number of halogens is 1. The summed E-state index contributed by atoms with van der Waals surface area (Å²) in [6.45, 7) is 0. The third kappa shape index (κ3) is 4.88. The molecule has 11 heteroatoms. The zero-order chi connectivity index (χ0) is 26.8. The molecular formula is C28H21ClN8O2. The van der Waals surface area contributed by atoms with Gasteiger partial charge < -0.3 is 19.8 Å². The summed E-state index contributed by atoms with van der Waals surface area (Å²) in [6, 6.07) is 15.8. The van der Waals surface area contributed by atoms with Gasteiger partial charge in [-0.15, -0.1) is 0 Å². The number of fused-ring (bicyclic) bond motifs is 1. The van der Waals surface area contributed by atoms with E-state index in [1.165, 1.54) is 7.11 Å². The number of hydrogen-bond acceptors (Lipinski definition) is 6. The van der Waals surface area contributed by atoms with Crippen molar-refractivity contribution in [1.29, 1.82) is 0 Å². The standard InChI is InChI=1S/C28H21ClN8O2/c1-39-24-6-5-20(29)16-22(24)35-28(38)33-21-4-2-3-19(15-21)23-17-36-13-11-32-26(36)27(34-23)37-14-12-31-25(37)18-7-9-30-10-8-18/h2-17H,1H3,(H2,33,35,38). The van der Waals surface area contributed by atoms with E-state index in [2.05, 4.69) is 25.6 Å². The van der Waals surface area contributed by atoms with Gasteiger partial charge in [-0.3, -0.25) is 9.55 Å². The predicted octanol–water partition coefficient (Wildman–Crippen LogP) is 5.95. The molecule has 0 saturated heterocycles. The number of carbonyl (C=O) groups excluding carboxylic acids is 1. The van der Waals surface area contributed by atoms with Crippen molar-refractivity contribution in [2.75, 3.05) is 17.7 Å². The Balaban J connectivity index is 1.33. The first-order valence-corrected chi connectivity index (χ1v) is 12.3. The fraction of sp³-hybridized carbons (Fsp3) is 0.0357. The number of urea groups is 1. The van der Waals surface area contributed by atoms with Gasteiger partial charge >= 0.3 is 6.03 Å². The van der Waals surface area contributed by atoms with E-state index in [-0.39, 0.29) is 0 Å². The molecule has 0 fully saturated rings. The first-order valence-electron chi connectivity index (χ1n) is 11.9. The summed E-state index contributed by atoms with van der Waals surface area (Å²) < 4.78 is 9.12. The molecular weight excluding hydrogens is 516 g/mol. The Hall–Kier alpha value is -5.22. The Labute approximate surface area is 227 Å². The van der Waals surface area contributed by atoms with E-state index >= 15 is 0 Å². The average Bonchev–Trinajstić information content (AvgIpc) is 3.63. The van der Waals surface area contributed by atoms with E-state index in [9.17, 15) is 4.79 Å². The Morgan fingerprint density at radius 3 is 2.62 bits per heavy atom. The highest BCUT2D eigenvalue weighted by molar-refractivity contribution is 6.31. The summed E-state index contributed by atoms with van der Waals surface area (Å²) in [5.41, 5.74) is 4.11. The van der Waals surface area contributed by atoms with E-state index < -0.39 is 6.03 Å². The maximum Gasteiger partial charge on any atom is 0.323 e. The summed E-state index contributed by atoms with van der Waals surface area (Å²) in [5, 5.41) is 6.12. The van der Waals surface area contributed by atoms with E-state index in [0.29, 0.717) is 39.3 Å². The van der Waals surface area contributed by atoms with Crippen LogP contribution >= 0.6 is 11.6 Å². The van der Waals surface area contributed by atoms with Crippen LogP contribution < -0.4 is 15.4 Å². The third-order valence-electron chi connectivity index (χ3n) is 5.99. The molecule has 0 saturated carbocycles. The molecule has 192 valence electrons. The van der Waals surface area contributed by atoms with Crippen LogP contribution in [-0.2, 0) is 0 Å². The molecule has 2 amide bonds. The zero-order valence-corrected chi connectivity index (χ0v) is 21.4. The normalized spacial score (nSPS) is 10.9. The van der Waals surface area contributed by atoms with Gasteiger partial charge in [0.1, 0.15) is 11.6 Å². The summed E-state index contributed by atoms with van der Waals surface area (Å²) in [7, 11) is 1.53. The number of benzene rings is 2. The SMILES string of the molecule is COc1ccc(Cl)cc1NC(=O)Nc1cccc(-c2cn3ccnc3c(-n3ccnc3-c3ccncc3)n2)c1. The predicted molar refractivity (Wildman–Crippen MR) is 149 cm³/mol. The molecule has 6 aromatic rings. The lowest BCUT2D eigenvalue weighted by Gasteiger charge is -2.13. The van der Waals surface area contributed by atoms with Crippen LogP contribution in [0.1, 0.15) is 0 Å². The lowest BCUT2D eigenvalue weighted by Crippen LogP contribution is -2.19. The minimum absolute atomic E-state index is 0.438. The van der Waals surface area contributed by atoms with Crippen LogP contribution in [0.25, 0.3) is 34.1 Å². The molecule has 0 aliphatic rings.